The molecule has 1 unspecified atom stereocenters. The van der Waals surface area contributed by atoms with Gasteiger partial charge in [-0.05, 0) is 58.7 Å². The molecule has 0 saturated heterocycles. The van der Waals surface area contributed by atoms with E-state index in [1.165, 1.54) is 22.6 Å². The summed E-state index contributed by atoms with van der Waals surface area (Å²) in [6.07, 6.45) is -0.942. The van der Waals surface area contributed by atoms with E-state index in [1.807, 2.05) is 72.1 Å². The number of anilines is 1. The number of fused-ring (bicyclic) bond motifs is 1. The molecular weight excluding hydrogens is 555 g/mol. The summed E-state index contributed by atoms with van der Waals surface area (Å²) >= 11 is 7.84. The molecule has 1 atom stereocenters. The van der Waals surface area contributed by atoms with Gasteiger partial charge < -0.3 is 14.2 Å². The highest BCUT2D eigenvalue weighted by atomic mass is 32.4. The number of para-hydroxylation sites is 1. The van der Waals surface area contributed by atoms with Crippen LogP contribution >= 0.6 is 17.6 Å². The monoisotopic (exact) mass is 582 g/mol. The van der Waals surface area contributed by atoms with Gasteiger partial charge in [-0.1, -0.05) is 80.6 Å². The lowest BCUT2D eigenvalue weighted by Crippen LogP contribution is -2.24. The van der Waals surface area contributed by atoms with Crippen LogP contribution in [0.5, 0.6) is 5.75 Å². The molecule has 40 heavy (non-hydrogen) atoms. The van der Waals surface area contributed by atoms with Crippen molar-refractivity contribution in [1.29, 1.82) is 0 Å². The minimum Gasteiger partial charge on any atom is -0.458 e. The second kappa shape index (κ2) is 10.3. The number of likely N-dealkylation sites (N-methyl/N-ethyl adjacent to an activating group) is 1. The number of aliphatic imine (C=N–C) groups is 1. The molecule has 4 aromatic rings. The summed E-state index contributed by atoms with van der Waals surface area (Å²) < 4.78 is 12.0. The Hall–Kier alpha value is -3.77. The van der Waals surface area contributed by atoms with E-state index in [0.717, 1.165) is 21.4 Å². The zero-order valence-corrected chi connectivity index (χ0v) is 24.8. The van der Waals surface area contributed by atoms with E-state index < -0.39 is 12.2 Å². The molecule has 200 valence electrons. The van der Waals surface area contributed by atoms with E-state index in [0.29, 0.717) is 11.6 Å². The molecule has 0 N–H and O–H groups in total. The molecule has 5 nitrogen and oxygen atoms in total. The van der Waals surface area contributed by atoms with Gasteiger partial charge in [0.2, 0.25) is 5.90 Å². The van der Waals surface area contributed by atoms with Crippen LogP contribution < -0.4 is 14.7 Å². The Morgan fingerprint density at radius 1 is 0.975 bits per heavy atom. The fraction of sp³-hybridized carbons (Fsp3) is 0.125. The maximum absolute atomic E-state index is 12.4. The summed E-state index contributed by atoms with van der Waals surface area (Å²) in [5.74, 6) is 2.71. The minimum absolute atomic E-state index is 0.220. The average molecular weight is 583 g/mol. The molecule has 6 rings (SSSR count). The van der Waals surface area contributed by atoms with Gasteiger partial charge in [0.1, 0.15) is 5.75 Å². The summed E-state index contributed by atoms with van der Waals surface area (Å²) in [5, 5.41) is 2.90. The molecule has 2 aliphatic rings. The van der Waals surface area contributed by atoms with Crippen molar-refractivity contribution < 1.29 is 14.1 Å². The van der Waals surface area contributed by atoms with Gasteiger partial charge in [-0.3, -0.25) is 0 Å². The Labute approximate surface area is 243 Å². The van der Waals surface area contributed by atoms with Gasteiger partial charge in [0.15, 0.2) is 12.0 Å². The normalized spacial score (nSPS) is 19.3. The largest absolute Gasteiger partial charge is 0.458 e. The quantitative estimate of drug-likeness (QED) is 0.134. The fourth-order valence-electron chi connectivity index (χ4n) is 5.03. The number of allylic oxidation sites excluding steroid dienone is 1. The van der Waals surface area contributed by atoms with Crippen molar-refractivity contribution in [2.45, 2.75) is 19.3 Å². The molecule has 8 heteroatoms. The van der Waals surface area contributed by atoms with Gasteiger partial charge in [-0.25, -0.2) is 9.79 Å². The number of carbonyl (C=O) groups is 1. The molecule has 0 aliphatic carbocycles. The highest BCUT2D eigenvalue weighted by Gasteiger charge is 2.40. The second-order valence-corrected chi connectivity index (χ2v) is 14.8. The standard InChI is InChI=1S/C32H27N2O3PS2/c1-32(2)25-12-7-8-13-27(25)34(3)29(32)21-38(39,24-10-5-4-6-11-24)37-23-17-15-22(16-18-23)20-26-31(35)36-30(33-26)28-14-9-19-40-28/h4-21H,1-3H3. The Bertz CT molecular complexity index is 1720. The molecule has 1 aromatic heterocycles. The topological polar surface area (TPSA) is 51.1 Å². The average Bonchev–Trinajstić information content (AvgIpc) is 3.67. The summed E-state index contributed by atoms with van der Waals surface area (Å²) in [6.45, 7) is 4.46. The smallest absolute Gasteiger partial charge is 0.363 e. The van der Waals surface area contributed by atoms with Gasteiger partial charge in [0.05, 0.1) is 4.88 Å². The maximum atomic E-state index is 12.4. The highest BCUT2D eigenvalue weighted by Crippen LogP contribution is 2.55. The van der Waals surface area contributed by atoms with E-state index in [2.05, 4.69) is 60.9 Å². The summed E-state index contributed by atoms with van der Waals surface area (Å²) in [7, 11) is 2.09. The van der Waals surface area contributed by atoms with E-state index in [1.54, 1.807) is 6.08 Å². The predicted octanol–water partition coefficient (Wildman–Crippen LogP) is 7.46. The summed E-state index contributed by atoms with van der Waals surface area (Å²) in [6, 6.07) is 29.9. The molecule has 0 bridgehead atoms. The van der Waals surface area contributed by atoms with Crippen molar-refractivity contribution in [2.24, 2.45) is 4.99 Å². The lowest BCUT2D eigenvalue weighted by Gasteiger charge is -2.28. The first-order chi connectivity index (χ1) is 19.2. The van der Waals surface area contributed by atoms with E-state index in [9.17, 15) is 4.79 Å². The number of rotatable bonds is 6. The van der Waals surface area contributed by atoms with Crippen LogP contribution in [0.2, 0.25) is 0 Å². The summed E-state index contributed by atoms with van der Waals surface area (Å²) in [4.78, 5) is 19.8. The Morgan fingerprint density at radius 3 is 2.40 bits per heavy atom. The number of cyclic esters (lactones) is 1. The number of hydrogen-bond donors (Lipinski definition) is 0. The third kappa shape index (κ3) is 4.86. The Morgan fingerprint density at radius 2 is 1.70 bits per heavy atom. The molecule has 0 amide bonds. The number of thiophene rings is 1. The zero-order valence-electron chi connectivity index (χ0n) is 22.3. The molecule has 0 fully saturated rings. The van der Waals surface area contributed by atoms with Crippen molar-refractivity contribution in [2.75, 3.05) is 11.9 Å². The molecule has 2 aliphatic heterocycles. The second-order valence-electron chi connectivity index (χ2n) is 10.1. The molecule has 3 aromatic carbocycles. The van der Waals surface area contributed by atoms with Crippen LogP contribution in [0.25, 0.3) is 6.08 Å². The van der Waals surface area contributed by atoms with Gasteiger partial charge in [0.25, 0.3) is 0 Å². The molecular formula is C32H27N2O3PS2. The lowest BCUT2D eigenvalue weighted by molar-refractivity contribution is -0.129. The van der Waals surface area contributed by atoms with Crippen LogP contribution in [0.3, 0.4) is 0 Å². The van der Waals surface area contributed by atoms with E-state index >= 15 is 0 Å². The van der Waals surface area contributed by atoms with Gasteiger partial charge in [-0.15, -0.1) is 11.3 Å². The Balaban J connectivity index is 1.32. The third-order valence-electron chi connectivity index (χ3n) is 7.13. The first-order valence-electron chi connectivity index (χ1n) is 12.8. The number of carbonyl (C=O) groups excluding carboxylic acids is 1. The van der Waals surface area contributed by atoms with E-state index in [-0.39, 0.29) is 11.1 Å². The van der Waals surface area contributed by atoms with Crippen molar-refractivity contribution in [3.63, 3.8) is 0 Å². The predicted molar refractivity (Wildman–Crippen MR) is 168 cm³/mol. The van der Waals surface area contributed by atoms with Crippen molar-refractivity contribution in [3.05, 3.63) is 130 Å². The van der Waals surface area contributed by atoms with Gasteiger partial charge in [-0.2, -0.15) is 0 Å². The van der Waals surface area contributed by atoms with Crippen LogP contribution in [0.4, 0.5) is 5.69 Å². The van der Waals surface area contributed by atoms with Gasteiger partial charge in [0, 0.05) is 35.0 Å². The van der Waals surface area contributed by atoms with Crippen molar-refractivity contribution >= 4 is 58.3 Å². The third-order valence-corrected chi connectivity index (χ3v) is 11.2. The zero-order chi connectivity index (χ0) is 27.9. The van der Waals surface area contributed by atoms with Gasteiger partial charge >= 0.3 is 5.97 Å². The molecule has 0 saturated carbocycles. The highest BCUT2D eigenvalue weighted by molar-refractivity contribution is 8.17. The minimum atomic E-state index is -2.66. The van der Waals surface area contributed by atoms with Crippen LogP contribution in [0.15, 0.2) is 119 Å². The first kappa shape index (κ1) is 26.5. The fourth-order valence-corrected chi connectivity index (χ4v) is 8.75. The Kier molecular flexibility index (Phi) is 6.83. The number of hydrogen-bond acceptors (Lipinski definition) is 7. The molecule has 0 spiro atoms. The SMILES string of the molecule is CN1C(=CP(=S)(Oc2ccc(C=C3N=C(c4cccs4)OC3=O)cc2)c2ccccc2)C(C)(C)c2ccccc21. The lowest BCUT2D eigenvalue weighted by atomic mass is 9.84. The molecule has 0 radical (unpaired) electrons. The number of nitrogens with zero attached hydrogens (tertiary/aromatic N) is 2. The van der Waals surface area contributed by atoms with Crippen LogP contribution in [-0.4, -0.2) is 18.9 Å². The van der Waals surface area contributed by atoms with Crippen molar-refractivity contribution in [3.8, 4) is 5.75 Å². The number of ether oxygens (including phenoxy) is 1. The maximum Gasteiger partial charge on any atom is 0.363 e. The van der Waals surface area contributed by atoms with Crippen molar-refractivity contribution in [1.82, 2.24) is 0 Å². The van der Waals surface area contributed by atoms with Crippen LogP contribution in [0.1, 0.15) is 29.9 Å². The molecule has 3 heterocycles. The van der Waals surface area contributed by atoms with Crippen LogP contribution in [-0.2, 0) is 26.8 Å². The van der Waals surface area contributed by atoms with Crippen LogP contribution in [0, 0.1) is 0 Å². The summed E-state index contributed by atoms with van der Waals surface area (Å²) in [5.41, 5.74) is 4.44. The first-order valence-corrected chi connectivity index (χ1v) is 16.5. The van der Waals surface area contributed by atoms with E-state index in [4.69, 9.17) is 21.1 Å². The number of benzene rings is 3. The number of esters is 1.